The van der Waals surface area contributed by atoms with Gasteiger partial charge in [-0.1, -0.05) is 37.0 Å². The third kappa shape index (κ3) is 2.51. The number of rotatable bonds is 3. The summed E-state index contributed by atoms with van der Waals surface area (Å²) in [5.74, 6) is -1.92. The van der Waals surface area contributed by atoms with E-state index in [1.165, 1.54) is 16.8 Å². The molecule has 7 heteroatoms. The van der Waals surface area contributed by atoms with Crippen LogP contribution in [0, 0.1) is 5.82 Å². The molecule has 1 aromatic heterocycles. The third-order valence-corrected chi connectivity index (χ3v) is 3.44. The first-order chi connectivity index (χ1) is 9.32. The van der Waals surface area contributed by atoms with Gasteiger partial charge in [0.15, 0.2) is 5.69 Å². The van der Waals surface area contributed by atoms with Gasteiger partial charge in [-0.3, -0.25) is 0 Å². The van der Waals surface area contributed by atoms with Gasteiger partial charge in [0.2, 0.25) is 0 Å². The normalized spacial score (nSPS) is 11.1. The molecule has 1 heterocycles. The first kappa shape index (κ1) is 14.8. The molecule has 0 saturated heterocycles. The minimum Gasteiger partial charge on any atom is -0.476 e. The van der Waals surface area contributed by atoms with E-state index < -0.39 is 11.8 Å². The van der Waals surface area contributed by atoms with Crippen LogP contribution in [0.5, 0.6) is 0 Å². The van der Waals surface area contributed by atoms with Crippen molar-refractivity contribution in [1.82, 2.24) is 9.78 Å². The first-order valence-corrected chi connectivity index (χ1v) is 6.55. The number of hydrogen-bond donors (Lipinski definition) is 1. The molecule has 0 aliphatic carbocycles. The van der Waals surface area contributed by atoms with Crippen LogP contribution < -0.4 is 0 Å². The van der Waals surface area contributed by atoms with E-state index in [2.05, 4.69) is 5.10 Å². The summed E-state index contributed by atoms with van der Waals surface area (Å²) in [5.41, 5.74) is 0.613. The molecule has 0 radical (unpaired) electrons. The molecule has 0 amide bonds. The number of halogens is 3. The fraction of sp³-hybridized carbons (Fsp3) is 0.231. The van der Waals surface area contributed by atoms with Crippen LogP contribution in [0.25, 0.3) is 5.69 Å². The smallest absolute Gasteiger partial charge is 0.358 e. The van der Waals surface area contributed by atoms with Crippen LogP contribution in [0.1, 0.15) is 35.9 Å². The average molecular weight is 317 g/mol. The highest BCUT2D eigenvalue weighted by molar-refractivity contribution is 6.34. The number of hydrogen-bond acceptors (Lipinski definition) is 2. The third-order valence-electron chi connectivity index (χ3n) is 2.76. The Bertz CT molecular complexity index is 683. The van der Waals surface area contributed by atoms with E-state index in [4.69, 9.17) is 28.3 Å². The lowest BCUT2D eigenvalue weighted by atomic mass is 10.1. The van der Waals surface area contributed by atoms with Crippen LogP contribution in [0.2, 0.25) is 10.0 Å². The summed E-state index contributed by atoms with van der Waals surface area (Å²) in [6, 6.07) is 4.11. The van der Waals surface area contributed by atoms with Crippen LogP contribution >= 0.6 is 23.2 Å². The lowest BCUT2D eigenvalue weighted by Gasteiger charge is -2.11. The lowest BCUT2D eigenvalue weighted by Crippen LogP contribution is -2.05. The van der Waals surface area contributed by atoms with E-state index in [1.54, 1.807) is 6.07 Å². The van der Waals surface area contributed by atoms with Crippen LogP contribution in [-0.4, -0.2) is 20.9 Å². The van der Waals surface area contributed by atoms with E-state index in [0.29, 0.717) is 11.4 Å². The number of nitrogens with zero attached hydrogens (tertiary/aromatic N) is 2. The second kappa shape index (κ2) is 5.42. The highest BCUT2D eigenvalue weighted by atomic mass is 35.5. The van der Waals surface area contributed by atoms with Crippen molar-refractivity contribution in [2.24, 2.45) is 0 Å². The zero-order valence-corrected chi connectivity index (χ0v) is 12.2. The van der Waals surface area contributed by atoms with Gasteiger partial charge in [-0.25, -0.2) is 13.9 Å². The van der Waals surface area contributed by atoms with Gasteiger partial charge in [0.25, 0.3) is 0 Å². The minimum absolute atomic E-state index is 0.0171. The van der Waals surface area contributed by atoms with E-state index in [-0.39, 0.29) is 21.7 Å². The monoisotopic (exact) mass is 316 g/mol. The summed E-state index contributed by atoms with van der Waals surface area (Å²) in [6.45, 7) is 3.69. The standard InChI is InChI=1S/C13H11Cl2FN2O2/c1-6(2)12-10(15)11(13(19)20)17-18(12)7-3-4-8(14)9(16)5-7/h3-6H,1-2H3,(H,19,20). The molecule has 4 nitrogen and oxygen atoms in total. The van der Waals surface area contributed by atoms with E-state index in [1.807, 2.05) is 13.8 Å². The zero-order valence-electron chi connectivity index (χ0n) is 10.7. The van der Waals surface area contributed by atoms with E-state index >= 15 is 0 Å². The van der Waals surface area contributed by atoms with Crippen molar-refractivity contribution in [3.8, 4) is 5.69 Å². The second-order valence-corrected chi connectivity index (χ2v) is 5.30. The Hall–Kier alpha value is -1.59. The molecule has 0 fully saturated rings. The Morgan fingerprint density at radius 2 is 2.05 bits per heavy atom. The number of carboxylic acids is 1. The maximum atomic E-state index is 13.5. The summed E-state index contributed by atoms with van der Waals surface area (Å²) in [7, 11) is 0. The van der Waals surface area contributed by atoms with Gasteiger partial charge in [0, 0.05) is 6.07 Å². The molecule has 1 aromatic carbocycles. The van der Waals surface area contributed by atoms with Crippen molar-refractivity contribution in [2.75, 3.05) is 0 Å². The van der Waals surface area contributed by atoms with Gasteiger partial charge in [0.1, 0.15) is 5.82 Å². The Morgan fingerprint density at radius 3 is 2.55 bits per heavy atom. The second-order valence-electron chi connectivity index (χ2n) is 4.52. The number of aromatic carboxylic acids is 1. The summed E-state index contributed by atoms with van der Waals surface area (Å²) in [5, 5.41) is 13.1. The maximum absolute atomic E-state index is 13.5. The van der Waals surface area contributed by atoms with Gasteiger partial charge in [0.05, 0.1) is 21.4 Å². The molecular weight excluding hydrogens is 306 g/mol. The molecule has 20 heavy (non-hydrogen) atoms. The highest BCUT2D eigenvalue weighted by Gasteiger charge is 2.24. The van der Waals surface area contributed by atoms with E-state index in [0.717, 1.165) is 0 Å². The van der Waals surface area contributed by atoms with Crippen molar-refractivity contribution in [3.63, 3.8) is 0 Å². The summed E-state index contributed by atoms with van der Waals surface area (Å²) >= 11 is 11.7. The topological polar surface area (TPSA) is 55.1 Å². The van der Waals surface area contributed by atoms with Crippen molar-refractivity contribution < 1.29 is 14.3 Å². The van der Waals surface area contributed by atoms with Gasteiger partial charge < -0.3 is 5.11 Å². The highest BCUT2D eigenvalue weighted by Crippen LogP contribution is 2.30. The number of carboxylic acid groups (broad SMARTS) is 1. The van der Waals surface area contributed by atoms with Crippen LogP contribution in [0.15, 0.2) is 18.2 Å². The molecule has 2 aromatic rings. The van der Waals surface area contributed by atoms with Gasteiger partial charge in [-0.05, 0) is 18.1 Å². The lowest BCUT2D eigenvalue weighted by molar-refractivity contribution is 0.0690. The molecule has 2 rings (SSSR count). The van der Waals surface area contributed by atoms with Crippen molar-refractivity contribution in [1.29, 1.82) is 0 Å². The number of aromatic nitrogens is 2. The number of benzene rings is 1. The average Bonchev–Trinajstić information content (AvgIpc) is 2.70. The number of carbonyl (C=O) groups is 1. The molecule has 1 N–H and O–H groups in total. The molecular formula is C13H11Cl2FN2O2. The summed E-state index contributed by atoms with van der Waals surface area (Å²) in [4.78, 5) is 11.1. The molecule has 0 aliphatic rings. The Morgan fingerprint density at radius 1 is 1.40 bits per heavy atom. The molecule has 106 valence electrons. The van der Waals surface area contributed by atoms with E-state index in [9.17, 15) is 9.18 Å². The summed E-state index contributed by atoms with van der Waals surface area (Å²) < 4.78 is 14.9. The molecule has 0 atom stereocenters. The molecule has 0 unspecified atom stereocenters. The van der Waals surface area contributed by atoms with Crippen LogP contribution in [-0.2, 0) is 0 Å². The predicted molar refractivity (Wildman–Crippen MR) is 74.6 cm³/mol. The molecule has 0 saturated carbocycles. The van der Waals surface area contributed by atoms with Gasteiger partial charge in [-0.2, -0.15) is 5.10 Å². The quantitative estimate of drug-likeness (QED) is 0.925. The van der Waals surface area contributed by atoms with Crippen molar-refractivity contribution >= 4 is 29.2 Å². The van der Waals surface area contributed by atoms with Crippen molar-refractivity contribution in [3.05, 3.63) is 45.4 Å². The summed E-state index contributed by atoms with van der Waals surface area (Å²) in [6.07, 6.45) is 0. The largest absolute Gasteiger partial charge is 0.476 e. The first-order valence-electron chi connectivity index (χ1n) is 5.80. The maximum Gasteiger partial charge on any atom is 0.358 e. The fourth-order valence-corrected chi connectivity index (χ4v) is 2.39. The minimum atomic E-state index is -1.23. The predicted octanol–water partition coefficient (Wildman–Crippen LogP) is 4.14. The molecule has 0 spiro atoms. The molecule has 0 bridgehead atoms. The Labute approximate surface area is 124 Å². The SMILES string of the molecule is CC(C)c1c(Cl)c(C(=O)O)nn1-c1ccc(Cl)c(F)c1. The Kier molecular flexibility index (Phi) is 4.01. The Balaban J connectivity index is 2.69. The van der Waals surface area contributed by atoms with Gasteiger partial charge >= 0.3 is 5.97 Å². The fourth-order valence-electron chi connectivity index (χ4n) is 1.86. The zero-order chi connectivity index (χ0) is 15.0. The van der Waals surface area contributed by atoms with Gasteiger partial charge in [-0.15, -0.1) is 0 Å². The van der Waals surface area contributed by atoms with Crippen LogP contribution in [0.3, 0.4) is 0 Å². The van der Waals surface area contributed by atoms with Crippen molar-refractivity contribution in [2.45, 2.75) is 19.8 Å². The van der Waals surface area contributed by atoms with Crippen LogP contribution in [0.4, 0.5) is 4.39 Å². The molecule has 0 aliphatic heterocycles.